The molecule has 0 fully saturated rings. The zero-order valence-electron chi connectivity index (χ0n) is 12.0. The second kappa shape index (κ2) is 9.49. The topological polar surface area (TPSA) is 49.5 Å². The van der Waals surface area contributed by atoms with Gasteiger partial charge in [-0.3, -0.25) is 4.90 Å². The fourth-order valence-corrected chi connectivity index (χ4v) is 1.96. The quantitative estimate of drug-likeness (QED) is 0.747. The summed E-state index contributed by atoms with van der Waals surface area (Å²) in [5.74, 6) is 5.09. The minimum atomic E-state index is -0.322. The van der Waals surface area contributed by atoms with E-state index in [1.54, 1.807) is 12.1 Å². The number of hydrogen-bond acceptors (Lipinski definition) is 3. The van der Waals surface area contributed by atoms with Gasteiger partial charge in [0.1, 0.15) is 5.82 Å². The number of benzene rings is 1. The lowest BCUT2D eigenvalue weighted by molar-refractivity contribution is 0.188. The van der Waals surface area contributed by atoms with Crippen LogP contribution in [0.15, 0.2) is 18.2 Å². The first-order chi connectivity index (χ1) is 9.71. The summed E-state index contributed by atoms with van der Waals surface area (Å²) in [6.07, 6.45) is 2.19. The lowest BCUT2D eigenvalue weighted by Crippen LogP contribution is -2.27. The Labute approximate surface area is 120 Å². The number of aliphatic hydroxyl groups is 1. The van der Waals surface area contributed by atoms with Crippen LogP contribution in [0.3, 0.4) is 0 Å². The SMILES string of the molecule is CCCCN(CCO)Cc1ccc(F)c(C#CCN)c1. The maximum absolute atomic E-state index is 13.6. The lowest BCUT2D eigenvalue weighted by atomic mass is 10.1. The summed E-state index contributed by atoms with van der Waals surface area (Å²) in [7, 11) is 0. The fraction of sp³-hybridized carbons (Fsp3) is 0.500. The minimum Gasteiger partial charge on any atom is -0.395 e. The average molecular weight is 278 g/mol. The Balaban J connectivity index is 2.78. The highest BCUT2D eigenvalue weighted by Gasteiger charge is 2.07. The molecule has 0 atom stereocenters. The molecule has 0 aromatic heterocycles. The predicted octanol–water partition coefficient (Wildman–Crippen LogP) is 1.73. The molecule has 0 amide bonds. The molecular weight excluding hydrogens is 255 g/mol. The van der Waals surface area contributed by atoms with Crippen LogP contribution in [-0.4, -0.2) is 36.2 Å². The molecule has 0 spiro atoms. The molecule has 0 radical (unpaired) electrons. The van der Waals surface area contributed by atoms with E-state index in [1.165, 1.54) is 6.07 Å². The first kappa shape index (κ1) is 16.6. The third-order valence-electron chi connectivity index (χ3n) is 3.01. The van der Waals surface area contributed by atoms with Gasteiger partial charge in [-0.25, -0.2) is 4.39 Å². The minimum absolute atomic E-state index is 0.130. The molecule has 0 bridgehead atoms. The number of unbranched alkanes of at least 4 members (excludes halogenated alkanes) is 1. The molecule has 3 nitrogen and oxygen atoms in total. The predicted molar refractivity (Wildman–Crippen MR) is 79.6 cm³/mol. The van der Waals surface area contributed by atoms with Crippen LogP contribution in [0.4, 0.5) is 4.39 Å². The number of hydrogen-bond donors (Lipinski definition) is 2. The fourth-order valence-electron chi connectivity index (χ4n) is 1.96. The van der Waals surface area contributed by atoms with Crippen LogP contribution in [0.1, 0.15) is 30.9 Å². The summed E-state index contributed by atoms with van der Waals surface area (Å²) in [4.78, 5) is 2.16. The van der Waals surface area contributed by atoms with Gasteiger partial charge in [-0.1, -0.05) is 31.3 Å². The first-order valence-electron chi connectivity index (χ1n) is 7.01. The number of nitrogens with zero attached hydrogens (tertiary/aromatic N) is 1. The van der Waals surface area contributed by atoms with E-state index in [2.05, 4.69) is 23.7 Å². The zero-order valence-corrected chi connectivity index (χ0v) is 12.0. The molecule has 0 saturated carbocycles. The van der Waals surface area contributed by atoms with Crippen molar-refractivity contribution in [2.24, 2.45) is 5.73 Å². The van der Waals surface area contributed by atoms with Gasteiger partial charge < -0.3 is 10.8 Å². The highest BCUT2D eigenvalue weighted by Crippen LogP contribution is 2.12. The molecular formula is C16H23FN2O. The molecule has 1 aromatic rings. The molecule has 1 aromatic carbocycles. The Kier molecular flexibility index (Phi) is 7.89. The Morgan fingerprint density at radius 1 is 1.35 bits per heavy atom. The molecule has 0 aliphatic rings. The molecule has 110 valence electrons. The van der Waals surface area contributed by atoms with Crippen LogP contribution in [-0.2, 0) is 6.54 Å². The second-order valence-corrected chi connectivity index (χ2v) is 4.67. The van der Waals surface area contributed by atoms with Gasteiger partial charge in [-0.15, -0.1) is 0 Å². The summed E-state index contributed by atoms with van der Waals surface area (Å²) in [5, 5.41) is 9.09. The number of aliphatic hydroxyl groups excluding tert-OH is 1. The number of nitrogens with two attached hydrogens (primary N) is 1. The van der Waals surface area contributed by atoms with Gasteiger partial charge in [0, 0.05) is 13.1 Å². The highest BCUT2D eigenvalue weighted by atomic mass is 19.1. The smallest absolute Gasteiger partial charge is 0.138 e. The van der Waals surface area contributed by atoms with Crippen molar-refractivity contribution < 1.29 is 9.50 Å². The van der Waals surface area contributed by atoms with Gasteiger partial charge in [-0.05, 0) is 30.7 Å². The van der Waals surface area contributed by atoms with Crippen LogP contribution < -0.4 is 5.73 Å². The molecule has 20 heavy (non-hydrogen) atoms. The van der Waals surface area contributed by atoms with Crippen molar-refractivity contribution in [1.29, 1.82) is 0 Å². The van der Waals surface area contributed by atoms with Gasteiger partial charge in [0.15, 0.2) is 0 Å². The van der Waals surface area contributed by atoms with E-state index in [1.807, 2.05) is 0 Å². The molecule has 0 saturated heterocycles. The van der Waals surface area contributed by atoms with E-state index >= 15 is 0 Å². The number of halogens is 1. The number of rotatable bonds is 7. The van der Waals surface area contributed by atoms with Gasteiger partial charge in [0.25, 0.3) is 0 Å². The largest absolute Gasteiger partial charge is 0.395 e. The Bertz CT molecular complexity index is 465. The van der Waals surface area contributed by atoms with Crippen molar-refractivity contribution in [2.45, 2.75) is 26.3 Å². The van der Waals surface area contributed by atoms with Crippen molar-refractivity contribution in [3.8, 4) is 11.8 Å². The molecule has 1 rings (SSSR count). The molecule has 3 N–H and O–H groups in total. The van der Waals surface area contributed by atoms with Crippen LogP contribution in [0.2, 0.25) is 0 Å². The Morgan fingerprint density at radius 3 is 2.80 bits per heavy atom. The van der Waals surface area contributed by atoms with Gasteiger partial charge in [0.2, 0.25) is 0 Å². The molecule has 0 unspecified atom stereocenters. The standard InChI is InChI=1S/C16H23FN2O/c1-2-3-9-19(10-11-20)13-14-6-7-16(17)15(12-14)5-4-8-18/h6-7,12,20H,2-3,8-11,13,18H2,1H3. The van der Waals surface area contributed by atoms with Gasteiger partial charge in [0.05, 0.1) is 18.7 Å². The van der Waals surface area contributed by atoms with Crippen molar-refractivity contribution in [3.63, 3.8) is 0 Å². The van der Waals surface area contributed by atoms with E-state index in [4.69, 9.17) is 10.8 Å². The normalized spacial score (nSPS) is 10.4. The van der Waals surface area contributed by atoms with Crippen molar-refractivity contribution in [1.82, 2.24) is 4.90 Å². The average Bonchev–Trinajstić information content (AvgIpc) is 2.45. The van der Waals surface area contributed by atoms with Crippen molar-refractivity contribution in [2.75, 3.05) is 26.2 Å². The molecule has 0 aliphatic heterocycles. The monoisotopic (exact) mass is 278 g/mol. The van der Waals surface area contributed by atoms with Crippen LogP contribution in [0.5, 0.6) is 0 Å². The van der Waals surface area contributed by atoms with Crippen LogP contribution >= 0.6 is 0 Å². The van der Waals surface area contributed by atoms with E-state index in [0.717, 1.165) is 24.9 Å². The summed E-state index contributed by atoms with van der Waals surface area (Å²) < 4.78 is 13.6. The zero-order chi connectivity index (χ0) is 14.8. The summed E-state index contributed by atoms with van der Waals surface area (Å²) in [5.41, 5.74) is 6.69. The Hall–Kier alpha value is -1.41. The summed E-state index contributed by atoms with van der Waals surface area (Å²) in [6, 6.07) is 4.96. The maximum Gasteiger partial charge on any atom is 0.138 e. The van der Waals surface area contributed by atoms with Crippen LogP contribution in [0.25, 0.3) is 0 Å². The van der Waals surface area contributed by atoms with E-state index in [0.29, 0.717) is 18.7 Å². The van der Waals surface area contributed by atoms with E-state index in [9.17, 15) is 4.39 Å². The van der Waals surface area contributed by atoms with E-state index in [-0.39, 0.29) is 19.0 Å². The van der Waals surface area contributed by atoms with Crippen molar-refractivity contribution >= 4 is 0 Å². The molecule has 0 aliphatic carbocycles. The van der Waals surface area contributed by atoms with Gasteiger partial charge in [-0.2, -0.15) is 0 Å². The molecule has 0 heterocycles. The van der Waals surface area contributed by atoms with Crippen LogP contribution in [0, 0.1) is 17.7 Å². The lowest BCUT2D eigenvalue weighted by Gasteiger charge is -2.21. The highest BCUT2D eigenvalue weighted by molar-refractivity contribution is 5.38. The third-order valence-corrected chi connectivity index (χ3v) is 3.01. The summed E-state index contributed by atoms with van der Waals surface area (Å²) >= 11 is 0. The van der Waals surface area contributed by atoms with E-state index < -0.39 is 0 Å². The maximum atomic E-state index is 13.6. The second-order valence-electron chi connectivity index (χ2n) is 4.67. The third kappa shape index (κ3) is 5.70. The van der Waals surface area contributed by atoms with Gasteiger partial charge >= 0.3 is 0 Å². The van der Waals surface area contributed by atoms with Crippen molar-refractivity contribution in [3.05, 3.63) is 35.1 Å². The molecule has 4 heteroatoms. The Morgan fingerprint density at radius 2 is 2.15 bits per heavy atom. The summed E-state index contributed by atoms with van der Waals surface area (Å²) in [6.45, 7) is 4.73. The first-order valence-corrected chi connectivity index (χ1v) is 7.01.